The van der Waals surface area contributed by atoms with Crippen molar-refractivity contribution in [2.75, 3.05) is 37.7 Å². The van der Waals surface area contributed by atoms with Crippen molar-refractivity contribution in [3.63, 3.8) is 0 Å². The van der Waals surface area contributed by atoms with Crippen molar-refractivity contribution < 1.29 is 19.5 Å². The van der Waals surface area contributed by atoms with Crippen LogP contribution in [0.2, 0.25) is 0 Å². The second-order valence-corrected chi connectivity index (χ2v) is 13.0. The Kier molecular flexibility index (Phi) is 6.58. The van der Waals surface area contributed by atoms with E-state index in [4.69, 9.17) is 0 Å². The monoisotopic (exact) mass is 545 g/mol. The number of aliphatic hydroxyl groups is 1. The first-order chi connectivity index (χ1) is 18.8. The second kappa shape index (κ2) is 9.82. The lowest BCUT2D eigenvalue weighted by Crippen LogP contribution is -2.53. The highest BCUT2D eigenvalue weighted by Crippen LogP contribution is 2.65. The molecular weight excluding hydrogens is 510 g/mol. The molecule has 0 aliphatic carbocycles. The molecule has 1 N–H and O–H groups in total. The predicted octanol–water partition coefficient (Wildman–Crippen LogP) is 3.62. The maximum atomic E-state index is 14.5. The number of carbonyl (C=O) groups excluding carboxylic acids is 3. The summed E-state index contributed by atoms with van der Waals surface area (Å²) in [6.07, 6.45) is 9.40. The zero-order valence-electron chi connectivity index (χ0n) is 22.5. The topological polar surface area (TPSA) is 81.2 Å². The number of anilines is 1. The molecule has 0 aromatic heterocycles. The number of aliphatic hydroxyl groups excluding tert-OH is 1. The fraction of sp³-hybridized carbons (Fsp3) is 0.452. The summed E-state index contributed by atoms with van der Waals surface area (Å²) in [4.78, 5) is 48.1. The minimum absolute atomic E-state index is 0.00804. The first kappa shape index (κ1) is 26.1. The fourth-order valence-corrected chi connectivity index (χ4v) is 9.26. The van der Waals surface area contributed by atoms with Crippen LogP contribution in [0.3, 0.4) is 0 Å². The average Bonchev–Trinajstić information content (AvgIpc) is 3.20. The third-order valence-corrected chi connectivity index (χ3v) is 10.5. The van der Waals surface area contributed by atoms with Gasteiger partial charge >= 0.3 is 0 Å². The molecule has 4 aliphatic rings. The van der Waals surface area contributed by atoms with Gasteiger partial charge in [0.1, 0.15) is 6.04 Å². The van der Waals surface area contributed by atoms with Gasteiger partial charge < -0.3 is 19.8 Å². The number of hydrogen-bond acceptors (Lipinski definition) is 5. The van der Waals surface area contributed by atoms with Crippen LogP contribution in [0.4, 0.5) is 5.69 Å². The molecule has 3 amide bonds. The average molecular weight is 546 g/mol. The summed E-state index contributed by atoms with van der Waals surface area (Å²) < 4.78 is -1.48. The van der Waals surface area contributed by atoms with E-state index in [9.17, 15) is 19.5 Å². The highest BCUT2D eigenvalue weighted by molar-refractivity contribution is 8.02. The molecule has 39 heavy (non-hydrogen) atoms. The van der Waals surface area contributed by atoms with E-state index in [0.29, 0.717) is 26.1 Å². The van der Waals surface area contributed by atoms with Crippen molar-refractivity contribution >= 4 is 45.9 Å². The van der Waals surface area contributed by atoms with Crippen LogP contribution in [-0.2, 0) is 14.4 Å². The normalized spacial score (nSPS) is 31.9. The van der Waals surface area contributed by atoms with Gasteiger partial charge in [-0.25, -0.2) is 0 Å². The quantitative estimate of drug-likeness (QED) is 0.561. The van der Waals surface area contributed by atoms with Gasteiger partial charge in [-0.2, -0.15) is 0 Å². The SMILES string of the molecule is CCCN1CC=C[C@]2(C)S[C@]34C=CCN(c5ccc6ccccc6c5)C(=O)C3N(CCCO)C(=O)[C@@H]4[C@@H]2C1=O. The Labute approximate surface area is 233 Å². The van der Waals surface area contributed by atoms with Crippen molar-refractivity contribution in [3.05, 3.63) is 66.8 Å². The Morgan fingerprint density at radius 3 is 2.46 bits per heavy atom. The zero-order chi connectivity index (χ0) is 27.4. The van der Waals surface area contributed by atoms with Crippen molar-refractivity contribution in [1.82, 2.24) is 9.80 Å². The molecular formula is C31H35N3O4S. The number of nitrogens with zero attached hydrogens (tertiary/aromatic N) is 3. The van der Waals surface area contributed by atoms with Crippen molar-refractivity contribution in [3.8, 4) is 0 Å². The lowest BCUT2D eigenvalue weighted by Gasteiger charge is -2.36. The van der Waals surface area contributed by atoms with Crippen LogP contribution in [0, 0.1) is 11.8 Å². The molecule has 1 spiro atoms. The first-order valence-electron chi connectivity index (χ1n) is 13.9. The molecule has 0 saturated carbocycles. The standard InChI is InChI=1S/C31H35N3O4S/c1-3-15-32-16-6-13-30(2)24(27(32)36)25-28(37)34(18-8-19-35)26-29(38)33(17-7-14-31(25,26)39-30)23-12-11-21-9-4-5-10-22(21)20-23/h4-7,9-14,20,24-26,35H,3,8,15-19H2,1-2H3/t24-,25+,26?,30+,31+/m1/s1. The van der Waals surface area contributed by atoms with Gasteiger partial charge in [0.2, 0.25) is 11.8 Å². The van der Waals surface area contributed by atoms with E-state index in [2.05, 4.69) is 6.08 Å². The van der Waals surface area contributed by atoms with Crippen LogP contribution < -0.4 is 4.90 Å². The molecule has 8 heteroatoms. The van der Waals surface area contributed by atoms with Crippen molar-refractivity contribution in [2.24, 2.45) is 11.8 Å². The highest BCUT2D eigenvalue weighted by Gasteiger charge is 2.73. The molecule has 1 unspecified atom stereocenters. The summed E-state index contributed by atoms with van der Waals surface area (Å²) in [6.45, 7) is 5.85. The van der Waals surface area contributed by atoms with Crippen LogP contribution in [0.25, 0.3) is 10.8 Å². The molecule has 2 aromatic carbocycles. The number of carbonyl (C=O) groups is 3. The molecule has 204 valence electrons. The van der Waals surface area contributed by atoms with Gasteiger partial charge in [-0.1, -0.05) is 61.6 Å². The Bertz CT molecular complexity index is 1390. The van der Waals surface area contributed by atoms with Crippen LogP contribution >= 0.6 is 11.8 Å². The van der Waals surface area contributed by atoms with E-state index in [1.165, 1.54) is 0 Å². The Balaban J connectivity index is 1.46. The zero-order valence-corrected chi connectivity index (χ0v) is 23.3. The summed E-state index contributed by atoms with van der Waals surface area (Å²) in [6, 6.07) is 13.3. The van der Waals surface area contributed by atoms with E-state index in [1.807, 2.05) is 79.4 Å². The third-order valence-electron chi connectivity index (χ3n) is 8.74. The smallest absolute Gasteiger partial charge is 0.251 e. The highest BCUT2D eigenvalue weighted by atomic mass is 32.2. The van der Waals surface area contributed by atoms with Gasteiger partial charge in [0, 0.05) is 43.2 Å². The molecule has 2 saturated heterocycles. The van der Waals surface area contributed by atoms with E-state index in [1.54, 1.807) is 21.6 Å². The van der Waals surface area contributed by atoms with Gasteiger partial charge in [0.25, 0.3) is 5.91 Å². The number of rotatable bonds is 6. The number of fused-ring (bicyclic) bond motifs is 3. The van der Waals surface area contributed by atoms with Gasteiger partial charge in [-0.15, -0.1) is 11.8 Å². The van der Waals surface area contributed by atoms with Gasteiger partial charge in [-0.3, -0.25) is 14.4 Å². The molecule has 7 nitrogen and oxygen atoms in total. The van der Waals surface area contributed by atoms with E-state index in [0.717, 1.165) is 22.9 Å². The number of likely N-dealkylation sites (tertiary alicyclic amines) is 1. The maximum absolute atomic E-state index is 14.5. The largest absolute Gasteiger partial charge is 0.396 e. The third kappa shape index (κ3) is 3.94. The minimum atomic E-state index is -0.871. The van der Waals surface area contributed by atoms with Gasteiger partial charge in [-0.05, 0) is 42.7 Å². The summed E-state index contributed by atoms with van der Waals surface area (Å²) in [5.41, 5.74) is 0.784. The van der Waals surface area contributed by atoms with Crippen LogP contribution in [-0.4, -0.2) is 80.9 Å². The number of amides is 3. The number of benzene rings is 2. The Hall–Kier alpha value is -3.10. The van der Waals surface area contributed by atoms with Crippen molar-refractivity contribution in [1.29, 1.82) is 0 Å². The maximum Gasteiger partial charge on any atom is 0.251 e. The summed E-state index contributed by atoms with van der Waals surface area (Å²) in [5.74, 6) is -1.52. The first-order valence-corrected chi connectivity index (χ1v) is 14.7. The molecule has 4 aliphatic heterocycles. The summed E-state index contributed by atoms with van der Waals surface area (Å²) >= 11 is 1.60. The molecule has 5 atom stereocenters. The molecule has 0 bridgehead atoms. The summed E-state index contributed by atoms with van der Waals surface area (Å²) in [7, 11) is 0. The van der Waals surface area contributed by atoms with E-state index >= 15 is 0 Å². The van der Waals surface area contributed by atoms with Crippen LogP contribution in [0.5, 0.6) is 0 Å². The lowest BCUT2D eigenvalue weighted by molar-refractivity contribution is -0.143. The number of thioether (sulfide) groups is 1. The fourth-order valence-electron chi connectivity index (χ4n) is 7.10. The molecule has 4 heterocycles. The Morgan fingerprint density at radius 2 is 1.69 bits per heavy atom. The second-order valence-electron chi connectivity index (χ2n) is 11.2. The predicted molar refractivity (Wildman–Crippen MR) is 154 cm³/mol. The minimum Gasteiger partial charge on any atom is -0.396 e. The molecule has 2 aromatic rings. The van der Waals surface area contributed by atoms with Crippen molar-refractivity contribution in [2.45, 2.75) is 42.2 Å². The molecule has 6 rings (SSSR count). The van der Waals surface area contributed by atoms with E-state index < -0.39 is 27.4 Å². The van der Waals surface area contributed by atoms with Crippen LogP contribution in [0.1, 0.15) is 26.7 Å². The van der Waals surface area contributed by atoms with E-state index in [-0.39, 0.29) is 30.9 Å². The molecule has 2 fully saturated rings. The Morgan fingerprint density at radius 1 is 0.923 bits per heavy atom. The van der Waals surface area contributed by atoms with Crippen LogP contribution in [0.15, 0.2) is 66.8 Å². The van der Waals surface area contributed by atoms with Gasteiger partial charge in [0.15, 0.2) is 0 Å². The lowest BCUT2D eigenvalue weighted by atomic mass is 9.74. The molecule has 0 radical (unpaired) electrons. The van der Waals surface area contributed by atoms with Gasteiger partial charge in [0.05, 0.1) is 16.6 Å². The number of hydrogen-bond donors (Lipinski definition) is 1. The summed E-state index contributed by atoms with van der Waals surface area (Å²) in [5, 5.41) is 11.8.